The Morgan fingerprint density at radius 1 is 1.08 bits per heavy atom. The standard InChI is InChI=1S/C17H15F4N3O2/c18-13-7-3-1-5-10(13)9-12(15(25)24-16(22)23)11-6-2-4-8-14(11)26-17(19,20)21/h1-8,12H,9H2,(H4,22,23,24,25)/t12-/m1/s1. The number of para-hydroxylation sites is 1. The molecule has 0 heterocycles. The number of ether oxygens (including phenoxy) is 1. The summed E-state index contributed by atoms with van der Waals surface area (Å²) >= 11 is 0. The van der Waals surface area contributed by atoms with Gasteiger partial charge in [-0.15, -0.1) is 13.2 Å². The average Bonchev–Trinajstić information content (AvgIpc) is 2.53. The minimum Gasteiger partial charge on any atom is -0.405 e. The summed E-state index contributed by atoms with van der Waals surface area (Å²) in [5.41, 5.74) is 10.4. The smallest absolute Gasteiger partial charge is 0.405 e. The number of carbonyl (C=O) groups is 1. The maximum Gasteiger partial charge on any atom is 0.573 e. The van der Waals surface area contributed by atoms with Crippen LogP contribution in [0.25, 0.3) is 0 Å². The summed E-state index contributed by atoms with van der Waals surface area (Å²) in [6.07, 6.45) is -5.21. The second-order valence-corrected chi connectivity index (χ2v) is 5.31. The molecule has 0 saturated carbocycles. The number of amides is 1. The zero-order valence-corrected chi connectivity index (χ0v) is 13.3. The van der Waals surface area contributed by atoms with Crippen LogP contribution in [-0.4, -0.2) is 18.2 Å². The lowest BCUT2D eigenvalue weighted by molar-refractivity contribution is -0.275. The molecule has 138 valence electrons. The van der Waals surface area contributed by atoms with E-state index in [1.165, 1.54) is 36.4 Å². The molecule has 0 aromatic heterocycles. The van der Waals surface area contributed by atoms with E-state index >= 15 is 0 Å². The van der Waals surface area contributed by atoms with E-state index < -0.39 is 35.7 Å². The first-order chi connectivity index (χ1) is 12.2. The molecule has 0 spiro atoms. The van der Waals surface area contributed by atoms with Crippen molar-refractivity contribution in [1.29, 1.82) is 0 Å². The molecule has 2 aromatic carbocycles. The van der Waals surface area contributed by atoms with Crippen LogP contribution in [0.5, 0.6) is 5.75 Å². The molecule has 5 nitrogen and oxygen atoms in total. The molecular weight excluding hydrogens is 354 g/mol. The van der Waals surface area contributed by atoms with Gasteiger partial charge in [0.2, 0.25) is 0 Å². The lowest BCUT2D eigenvalue weighted by atomic mass is 9.90. The van der Waals surface area contributed by atoms with Gasteiger partial charge in [-0.05, 0) is 24.1 Å². The number of benzene rings is 2. The third-order valence-corrected chi connectivity index (χ3v) is 3.44. The maximum atomic E-state index is 14.0. The van der Waals surface area contributed by atoms with Crippen LogP contribution >= 0.6 is 0 Å². The van der Waals surface area contributed by atoms with E-state index in [4.69, 9.17) is 11.5 Å². The van der Waals surface area contributed by atoms with Crippen molar-refractivity contribution in [3.05, 3.63) is 65.5 Å². The van der Waals surface area contributed by atoms with Crippen LogP contribution in [0.4, 0.5) is 17.6 Å². The first-order valence-corrected chi connectivity index (χ1v) is 7.39. The van der Waals surface area contributed by atoms with Crippen LogP contribution in [0.2, 0.25) is 0 Å². The van der Waals surface area contributed by atoms with Gasteiger partial charge in [-0.2, -0.15) is 4.99 Å². The van der Waals surface area contributed by atoms with Crippen LogP contribution in [0, 0.1) is 5.82 Å². The van der Waals surface area contributed by atoms with Crippen LogP contribution in [0.15, 0.2) is 53.5 Å². The number of carbonyl (C=O) groups excluding carboxylic acids is 1. The Kier molecular flexibility index (Phi) is 5.81. The lowest BCUT2D eigenvalue weighted by Gasteiger charge is -2.19. The Balaban J connectivity index is 2.50. The van der Waals surface area contributed by atoms with E-state index in [1.54, 1.807) is 6.07 Å². The molecule has 2 rings (SSSR count). The van der Waals surface area contributed by atoms with Gasteiger partial charge in [0.1, 0.15) is 11.6 Å². The highest BCUT2D eigenvalue weighted by molar-refractivity contribution is 5.95. The van der Waals surface area contributed by atoms with Crippen molar-refractivity contribution in [3.63, 3.8) is 0 Å². The SMILES string of the molecule is NC(N)=NC(=O)[C@H](Cc1ccccc1F)c1ccccc1OC(F)(F)F. The molecule has 0 fully saturated rings. The Morgan fingerprint density at radius 2 is 1.69 bits per heavy atom. The molecular formula is C17H15F4N3O2. The van der Waals surface area contributed by atoms with E-state index in [1.807, 2.05) is 0 Å². The van der Waals surface area contributed by atoms with Crippen molar-refractivity contribution in [2.24, 2.45) is 16.5 Å². The first kappa shape index (κ1) is 19.2. The van der Waals surface area contributed by atoms with Crippen molar-refractivity contribution in [3.8, 4) is 5.75 Å². The van der Waals surface area contributed by atoms with Gasteiger partial charge in [0.25, 0.3) is 5.91 Å². The van der Waals surface area contributed by atoms with Crippen LogP contribution < -0.4 is 16.2 Å². The summed E-state index contributed by atoms with van der Waals surface area (Å²) in [7, 11) is 0. The first-order valence-electron chi connectivity index (χ1n) is 7.39. The molecule has 1 atom stereocenters. The normalized spacial score (nSPS) is 12.3. The number of rotatable bonds is 5. The molecule has 0 unspecified atom stereocenters. The fraction of sp³-hybridized carbons (Fsp3) is 0.176. The van der Waals surface area contributed by atoms with Gasteiger partial charge in [0.05, 0.1) is 5.92 Å². The van der Waals surface area contributed by atoms with Gasteiger partial charge < -0.3 is 16.2 Å². The van der Waals surface area contributed by atoms with Crippen molar-refractivity contribution < 1.29 is 27.1 Å². The molecule has 0 bridgehead atoms. The highest BCUT2D eigenvalue weighted by Crippen LogP contribution is 2.34. The van der Waals surface area contributed by atoms with E-state index in [0.717, 1.165) is 6.07 Å². The minimum absolute atomic E-state index is 0.108. The number of halogens is 4. The van der Waals surface area contributed by atoms with Gasteiger partial charge in [-0.3, -0.25) is 4.79 Å². The largest absolute Gasteiger partial charge is 0.573 e. The van der Waals surface area contributed by atoms with Gasteiger partial charge in [-0.25, -0.2) is 4.39 Å². The highest BCUT2D eigenvalue weighted by atomic mass is 19.4. The van der Waals surface area contributed by atoms with Crippen molar-refractivity contribution in [2.45, 2.75) is 18.7 Å². The summed E-state index contributed by atoms with van der Waals surface area (Å²) in [6.45, 7) is 0. The number of nitrogens with zero attached hydrogens (tertiary/aromatic N) is 1. The number of nitrogens with two attached hydrogens (primary N) is 2. The lowest BCUT2D eigenvalue weighted by Crippen LogP contribution is -2.27. The summed E-state index contributed by atoms with van der Waals surface area (Å²) in [5, 5.41) is 0. The number of hydrogen-bond acceptors (Lipinski definition) is 2. The molecule has 0 aliphatic heterocycles. The predicted octanol–water partition coefficient (Wildman–Crippen LogP) is 2.85. The zero-order valence-electron chi connectivity index (χ0n) is 13.3. The second-order valence-electron chi connectivity index (χ2n) is 5.31. The number of aliphatic imine (C=N–C) groups is 1. The van der Waals surface area contributed by atoms with Gasteiger partial charge in [0, 0.05) is 5.56 Å². The van der Waals surface area contributed by atoms with Gasteiger partial charge >= 0.3 is 6.36 Å². The molecule has 4 N–H and O–H groups in total. The van der Waals surface area contributed by atoms with E-state index in [2.05, 4.69) is 9.73 Å². The summed E-state index contributed by atoms with van der Waals surface area (Å²) in [6, 6.07) is 10.6. The molecule has 9 heteroatoms. The third-order valence-electron chi connectivity index (χ3n) is 3.44. The van der Waals surface area contributed by atoms with Gasteiger partial charge in [-0.1, -0.05) is 36.4 Å². The van der Waals surface area contributed by atoms with Crippen molar-refractivity contribution >= 4 is 11.9 Å². The van der Waals surface area contributed by atoms with E-state index in [0.29, 0.717) is 0 Å². The fourth-order valence-electron chi connectivity index (χ4n) is 2.41. The summed E-state index contributed by atoms with van der Waals surface area (Å²) < 4.78 is 55.9. The van der Waals surface area contributed by atoms with Crippen molar-refractivity contribution in [2.75, 3.05) is 0 Å². The Morgan fingerprint density at radius 3 is 2.31 bits per heavy atom. The fourth-order valence-corrected chi connectivity index (χ4v) is 2.41. The maximum absolute atomic E-state index is 14.0. The molecule has 0 aliphatic rings. The van der Waals surface area contributed by atoms with Crippen LogP contribution in [-0.2, 0) is 11.2 Å². The zero-order chi connectivity index (χ0) is 19.3. The second kappa shape index (κ2) is 7.85. The summed E-state index contributed by atoms with van der Waals surface area (Å²) in [4.78, 5) is 15.8. The predicted molar refractivity (Wildman–Crippen MR) is 86.8 cm³/mol. The topological polar surface area (TPSA) is 90.7 Å². The molecule has 2 aromatic rings. The Labute approximate surface area is 146 Å². The van der Waals surface area contributed by atoms with E-state index in [-0.39, 0.29) is 17.5 Å². The molecule has 0 saturated heterocycles. The average molecular weight is 369 g/mol. The van der Waals surface area contributed by atoms with Crippen molar-refractivity contribution in [1.82, 2.24) is 0 Å². The van der Waals surface area contributed by atoms with E-state index in [9.17, 15) is 22.4 Å². The third kappa shape index (κ3) is 5.20. The molecule has 26 heavy (non-hydrogen) atoms. The molecule has 1 amide bonds. The number of alkyl halides is 3. The quantitative estimate of drug-likeness (QED) is 0.482. The molecule has 0 aliphatic carbocycles. The Hall–Kier alpha value is -3.10. The van der Waals surface area contributed by atoms with Crippen LogP contribution in [0.1, 0.15) is 17.0 Å². The van der Waals surface area contributed by atoms with Crippen LogP contribution in [0.3, 0.4) is 0 Å². The number of hydrogen-bond donors (Lipinski definition) is 2. The number of guanidine groups is 1. The summed E-state index contributed by atoms with van der Waals surface area (Å²) in [5.74, 6) is -3.92. The Bertz CT molecular complexity index is 818. The molecule has 0 radical (unpaired) electrons. The van der Waals surface area contributed by atoms with Gasteiger partial charge in [0.15, 0.2) is 5.96 Å². The minimum atomic E-state index is -4.96. The highest BCUT2D eigenvalue weighted by Gasteiger charge is 2.34. The monoisotopic (exact) mass is 369 g/mol.